The molecule has 0 aliphatic carbocycles. The summed E-state index contributed by atoms with van der Waals surface area (Å²) in [6.45, 7) is 2.69. The Bertz CT molecular complexity index is 651. The number of nitrogens with zero attached hydrogens (tertiary/aromatic N) is 1. The van der Waals surface area contributed by atoms with Crippen molar-refractivity contribution < 1.29 is 17.9 Å². The molecule has 8 heteroatoms. The van der Waals surface area contributed by atoms with Gasteiger partial charge in [-0.1, -0.05) is 19.1 Å². The zero-order chi connectivity index (χ0) is 16.3. The van der Waals surface area contributed by atoms with Crippen molar-refractivity contribution in [2.24, 2.45) is 11.7 Å². The number of carbonyl (C=O) groups excluding carboxylic acids is 1. The summed E-state index contributed by atoms with van der Waals surface area (Å²) in [7, 11) is -2.56. The summed E-state index contributed by atoms with van der Waals surface area (Å²) < 4.78 is 32.1. The van der Waals surface area contributed by atoms with E-state index in [1.807, 2.05) is 6.92 Å². The Hall–Kier alpha value is -1.15. The second-order valence-electron chi connectivity index (χ2n) is 5.53. The van der Waals surface area contributed by atoms with Gasteiger partial charge in [0.15, 0.2) is 0 Å². The number of esters is 1. The summed E-state index contributed by atoms with van der Waals surface area (Å²) in [6.07, 6.45) is 1.74. The minimum Gasteiger partial charge on any atom is -0.465 e. The van der Waals surface area contributed by atoms with E-state index in [4.69, 9.17) is 5.73 Å². The maximum atomic E-state index is 13.0. The molecule has 0 saturated carbocycles. The SMILES string of the molecule is COC(=O)c1ccccc1S(=O)(=O)N1CCCC(C)C1CN.Cl. The number of carbonyl (C=O) groups is 1. The molecule has 1 heterocycles. The van der Waals surface area contributed by atoms with Gasteiger partial charge < -0.3 is 10.5 Å². The number of benzene rings is 1. The quantitative estimate of drug-likeness (QED) is 0.822. The van der Waals surface area contributed by atoms with Crippen LogP contribution in [-0.2, 0) is 14.8 Å². The van der Waals surface area contributed by atoms with Gasteiger partial charge in [0.2, 0.25) is 10.0 Å². The Kier molecular flexibility index (Phi) is 7.01. The fourth-order valence-electron chi connectivity index (χ4n) is 2.96. The van der Waals surface area contributed by atoms with Crippen LogP contribution in [0, 0.1) is 5.92 Å². The molecule has 0 amide bonds. The maximum Gasteiger partial charge on any atom is 0.339 e. The van der Waals surface area contributed by atoms with Crippen LogP contribution in [0.4, 0.5) is 0 Å². The maximum absolute atomic E-state index is 13.0. The number of hydrogen-bond donors (Lipinski definition) is 1. The Morgan fingerprint density at radius 3 is 2.65 bits per heavy atom. The van der Waals surface area contributed by atoms with E-state index >= 15 is 0 Å². The highest BCUT2D eigenvalue weighted by atomic mass is 35.5. The zero-order valence-corrected chi connectivity index (χ0v) is 14.9. The van der Waals surface area contributed by atoms with Gasteiger partial charge in [-0.3, -0.25) is 0 Å². The number of methoxy groups -OCH3 is 1. The largest absolute Gasteiger partial charge is 0.465 e. The van der Waals surface area contributed by atoms with Crippen LogP contribution in [0.3, 0.4) is 0 Å². The molecule has 2 atom stereocenters. The van der Waals surface area contributed by atoms with Crippen molar-refractivity contribution in [3.63, 3.8) is 0 Å². The van der Waals surface area contributed by atoms with E-state index < -0.39 is 16.0 Å². The minimum absolute atomic E-state index is 0. The lowest BCUT2D eigenvalue weighted by Gasteiger charge is -2.38. The molecule has 0 radical (unpaired) electrons. The van der Waals surface area contributed by atoms with Crippen LogP contribution in [-0.4, -0.2) is 44.9 Å². The number of halogens is 1. The first-order valence-corrected chi connectivity index (χ1v) is 8.76. The van der Waals surface area contributed by atoms with Crippen LogP contribution in [0.15, 0.2) is 29.2 Å². The second kappa shape index (κ2) is 8.10. The van der Waals surface area contributed by atoms with Crippen LogP contribution >= 0.6 is 12.4 Å². The van der Waals surface area contributed by atoms with E-state index in [9.17, 15) is 13.2 Å². The first-order valence-electron chi connectivity index (χ1n) is 7.32. The van der Waals surface area contributed by atoms with Crippen LogP contribution < -0.4 is 5.73 Å². The second-order valence-corrected chi connectivity index (χ2v) is 7.39. The molecule has 2 unspecified atom stereocenters. The van der Waals surface area contributed by atoms with Crippen molar-refractivity contribution in [2.75, 3.05) is 20.2 Å². The molecule has 130 valence electrons. The lowest BCUT2D eigenvalue weighted by atomic mass is 9.93. The molecule has 2 rings (SSSR count). The summed E-state index contributed by atoms with van der Waals surface area (Å²) in [4.78, 5) is 11.8. The highest BCUT2D eigenvalue weighted by molar-refractivity contribution is 7.89. The fourth-order valence-corrected chi connectivity index (χ4v) is 4.91. The molecule has 1 aliphatic rings. The summed E-state index contributed by atoms with van der Waals surface area (Å²) in [5.41, 5.74) is 5.84. The molecule has 1 saturated heterocycles. The van der Waals surface area contributed by atoms with Gasteiger partial charge in [0.1, 0.15) is 0 Å². The van der Waals surface area contributed by atoms with Crippen molar-refractivity contribution in [1.29, 1.82) is 0 Å². The van der Waals surface area contributed by atoms with Crippen molar-refractivity contribution in [1.82, 2.24) is 4.31 Å². The third-order valence-corrected chi connectivity index (χ3v) is 6.17. The van der Waals surface area contributed by atoms with Crippen molar-refractivity contribution >= 4 is 28.4 Å². The number of nitrogens with two attached hydrogens (primary N) is 1. The average Bonchev–Trinajstić information content (AvgIpc) is 2.53. The lowest BCUT2D eigenvalue weighted by molar-refractivity contribution is 0.0596. The number of rotatable bonds is 4. The summed E-state index contributed by atoms with van der Waals surface area (Å²) >= 11 is 0. The Labute approximate surface area is 143 Å². The third kappa shape index (κ3) is 3.85. The van der Waals surface area contributed by atoms with Gasteiger partial charge in [0, 0.05) is 19.1 Å². The average molecular weight is 363 g/mol. The standard InChI is InChI=1S/C15H22N2O4S.ClH/c1-11-6-5-9-17(13(11)10-16)22(19,20)14-8-4-3-7-12(14)15(18)21-2;/h3-4,7-8,11,13H,5-6,9-10,16H2,1-2H3;1H. The van der Waals surface area contributed by atoms with E-state index in [1.165, 1.54) is 23.5 Å². The van der Waals surface area contributed by atoms with Crippen LogP contribution in [0.25, 0.3) is 0 Å². The zero-order valence-electron chi connectivity index (χ0n) is 13.3. The molecule has 6 nitrogen and oxygen atoms in total. The highest BCUT2D eigenvalue weighted by Crippen LogP contribution is 2.30. The molecular formula is C15H23ClN2O4S. The fraction of sp³-hybridized carbons (Fsp3) is 0.533. The summed E-state index contributed by atoms with van der Waals surface area (Å²) in [6, 6.07) is 5.87. The first-order chi connectivity index (χ1) is 10.4. The molecule has 0 aromatic heterocycles. The van der Waals surface area contributed by atoms with E-state index in [-0.39, 0.29) is 41.4 Å². The van der Waals surface area contributed by atoms with Gasteiger partial charge in [-0.15, -0.1) is 12.4 Å². The molecule has 1 aromatic rings. The van der Waals surface area contributed by atoms with Gasteiger partial charge in [0.25, 0.3) is 0 Å². The molecule has 2 N–H and O–H groups in total. The first kappa shape index (κ1) is 19.9. The third-order valence-electron chi connectivity index (χ3n) is 4.19. The molecule has 0 spiro atoms. The number of sulfonamides is 1. The number of piperidine rings is 1. The molecule has 0 bridgehead atoms. The summed E-state index contributed by atoms with van der Waals surface area (Å²) in [5.74, 6) is -0.465. The molecule has 23 heavy (non-hydrogen) atoms. The predicted octanol–water partition coefficient (Wildman–Crippen LogP) is 1.64. The van der Waals surface area contributed by atoms with Crippen LogP contribution in [0.1, 0.15) is 30.1 Å². The topological polar surface area (TPSA) is 89.7 Å². The summed E-state index contributed by atoms with van der Waals surface area (Å²) in [5, 5.41) is 0. The normalized spacial score (nSPS) is 22.2. The highest BCUT2D eigenvalue weighted by Gasteiger charge is 2.38. The van der Waals surface area contributed by atoms with Crippen molar-refractivity contribution in [2.45, 2.75) is 30.7 Å². The molecular weight excluding hydrogens is 340 g/mol. The van der Waals surface area contributed by atoms with Gasteiger partial charge in [-0.25, -0.2) is 13.2 Å². The number of ether oxygens (including phenoxy) is 1. The van der Waals surface area contributed by atoms with E-state index in [1.54, 1.807) is 12.1 Å². The number of hydrogen-bond acceptors (Lipinski definition) is 5. The van der Waals surface area contributed by atoms with E-state index in [2.05, 4.69) is 4.74 Å². The smallest absolute Gasteiger partial charge is 0.339 e. The Morgan fingerprint density at radius 1 is 1.39 bits per heavy atom. The van der Waals surface area contributed by atoms with Gasteiger partial charge in [-0.05, 0) is 30.9 Å². The Balaban J connectivity index is 0.00000264. The Morgan fingerprint density at radius 2 is 2.04 bits per heavy atom. The molecule has 1 aliphatic heterocycles. The van der Waals surface area contributed by atoms with Crippen LogP contribution in [0.5, 0.6) is 0 Å². The van der Waals surface area contributed by atoms with Gasteiger partial charge in [0.05, 0.1) is 17.6 Å². The van der Waals surface area contributed by atoms with Gasteiger partial charge in [-0.2, -0.15) is 4.31 Å². The predicted molar refractivity (Wildman–Crippen MR) is 90.2 cm³/mol. The minimum atomic E-state index is -3.79. The van der Waals surface area contributed by atoms with Crippen molar-refractivity contribution in [3.8, 4) is 0 Å². The molecule has 1 aromatic carbocycles. The van der Waals surface area contributed by atoms with Crippen LogP contribution in [0.2, 0.25) is 0 Å². The van der Waals surface area contributed by atoms with Crippen molar-refractivity contribution in [3.05, 3.63) is 29.8 Å². The lowest BCUT2D eigenvalue weighted by Crippen LogP contribution is -2.51. The van der Waals surface area contributed by atoms with E-state index in [0.29, 0.717) is 6.54 Å². The monoisotopic (exact) mass is 362 g/mol. The van der Waals surface area contributed by atoms with Gasteiger partial charge >= 0.3 is 5.97 Å². The molecule has 1 fully saturated rings. The van der Waals surface area contributed by atoms with E-state index in [0.717, 1.165) is 12.8 Å².